The first-order chi connectivity index (χ1) is 7.15. The molecule has 0 spiro atoms. The van der Waals surface area contributed by atoms with Gasteiger partial charge in [0.2, 0.25) is 11.2 Å². The Hall–Kier alpha value is -1.33. The average Bonchev–Trinajstić information content (AvgIpc) is 2.16. The summed E-state index contributed by atoms with van der Waals surface area (Å²) in [6.45, 7) is 0. The summed E-state index contributed by atoms with van der Waals surface area (Å²) >= 11 is 11.2. The molecule has 0 saturated carbocycles. The first kappa shape index (κ1) is 10.2. The van der Waals surface area contributed by atoms with Crippen LogP contribution in [0.3, 0.4) is 0 Å². The molecular formula is C8H3Cl2FN4. The van der Waals surface area contributed by atoms with Crippen LogP contribution >= 0.6 is 23.2 Å². The molecule has 2 heterocycles. The Labute approximate surface area is 94.1 Å². The normalized spacial score (nSPS) is 10.3. The molecule has 76 valence electrons. The topological polar surface area (TPSA) is 51.6 Å². The van der Waals surface area contributed by atoms with Gasteiger partial charge in [-0.3, -0.25) is 0 Å². The van der Waals surface area contributed by atoms with Gasteiger partial charge < -0.3 is 0 Å². The zero-order valence-corrected chi connectivity index (χ0v) is 8.67. The van der Waals surface area contributed by atoms with Gasteiger partial charge in [0.25, 0.3) is 0 Å². The highest BCUT2D eigenvalue weighted by molar-refractivity contribution is 6.32. The maximum atomic E-state index is 12.8. The zero-order chi connectivity index (χ0) is 10.8. The van der Waals surface area contributed by atoms with E-state index in [0.29, 0.717) is 0 Å². The molecule has 2 rings (SSSR count). The van der Waals surface area contributed by atoms with Gasteiger partial charge in [0, 0.05) is 18.3 Å². The Kier molecular flexibility index (Phi) is 2.75. The maximum Gasteiger partial charge on any atom is 0.224 e. The van der Waals surface area contributed by atoms with E-state index in [9.17, 15) is 4.39 Å². The van der Waals surface area contributed by atoms with Crippen molar-refractivity contribution < 1.29 is 4.39 Å². The molecule has 0 fully saturated rings. The van der Waals surface area contributed by atoms with Crippen molar-refractivity contribution in [2.75, 3.05) is 0 Å². The minimum Gasteiger partial charge on any atom is -0.235 e. The summed E-state index contributed by atoms with van der Waals surface area (Å²) in [7, 11) is 0. The Morgan fingerprint density at radius 1 is 1.13 bits per heavy atom. The molecule has 0 N–H and O–H groups in total. The highest BCUT2D eigenvalue weighted by Gasteiger charge is 2.07. The third kappa shape index (κ3) is 2.37. The summed E-state index contributed by atoms with van der Waals surface area (Å²) in [4.78, 5) is 14.8. The van der Waals surface area contributed by atoms with Gasteiger partial charge in [-0.15, -0.1) is 0 Å². The molecule has 0 amide bonds. The third-order valence-electron chi connectivity index (χ3n) is 1.52. The van der Waals surface area contributed by atoms with E-state index in [4.69, 9.17) is 23.2 Å². The molecule has 0 radical (unpaired) electrons. The van der Waals surface area contributed by atoms with E-state index < -0.39 is 5.95 Å². The van der Waals surface area contributed by atoms with Crippen LogP contribution in [-0.4, -0.2) is 19.9 Å². The second-order valence-corrected chi connectivity index (χ2v) is 3.27. The Morgan fingerprint density at radius 2 is 1.93 bits per heavy atom. The van der Waals surface area contributed by atoms with Crippen LogP contribution in [0.25, 0.3) is 11.5 Å². The minimum absolute atomic E-state index is 0.0367. The van der Waals surface area contributed by atoms with E-state index in [-0.39, 0.29) is 22.0 Å². The van der Waals surface area contributed by atoms with E-state index in [1.807, 2.05) is 0 Å². The second-order valence-electron chi connectivity index (χ2n) is 2.55. The molecule has 15 heavy (non-hydrogen) atoms. The van der Waals surface area contributed by atoms with E-state index in [1.54, 1.807) is 0 Å². The van der Waals surface area contributed by atoms with E-state index in [2.05, 4.69) is 19.9 Å². The van der Waals surface area contributed by atoms with Crippen molar-refractivity contribution in [3.05, 3.63) is 34.7 Å². The monoisotopic (exact) mass is 244 g/mol. The van der Waals surface area contributed by atoms with Crippen molar-refractivity contribution in [3.8, 4) is 11.5 Å². The molecule has 0 aliphatic carbocycles. The van der Waals surface area contributed by atoms with Crippen molar-refractivity contribution in [1.82, 2.24) is 19.9 Å². The van der Waals surface area contributed by atoms with E-state index in [1.165, 1.54) is 12.3 Å². The molecule has 0 unspecified atom stereocenters. The second kappa shape index (κ2) is 4.04. The fourth-order valence-electron chi connectivity index (χ4n) is 0.965. The lowest BCUT2D eigenvalue weighted by Crippen LogP contribution is -1.95. The molecule has 0 aliphatic heterocycles. The van der Waals surface area contributed by atoms with Gasteiger partial charge in [-0.2, -0.15) is 9.37 Å². The van der Waals surface area contributed by atoms with Gasteiger partial charge in [-0.1, -0.05) is 11.6 Å². The SMILES string of the molecule is Fc1ccnc(-c2cc(Cl)nc(Cl)n2)n1. The van der Waals surface area contributed by atoms with Crippen molar-refractivity contribution in [3.63, 3.8) is 0 Å². The van der Waals surface area contributed by atoms with Gasteiger partial charge in [0.15, 0.2) is 5.82 Å². The van der Waals surface area contributed by atoms with Crippen LogP contribution in [0, 0.1) is 5.95 Å². The first-order valence-electron chi connectivity index (χ1n) is 3.84. The Bertz CT molecular complexity index is 486. The predicted molar refractivity (Wildman–Crippen MR) is 53.0 cm³/mol. The van der Waals surface area contributed by atoms with Crippen molar-refractivity contribution in [1.29, 1.82) is 0 Å². The van der Waals surface area contributed by atoms with Gasteiger partial charge in [0.05, 0.1) is 0 Å². The molecule has 0 atom stereocenters. The molecular weight excluding hydrogens is 242 g/mol. The van der Waals surface area contributed by atoms with Gasteiger partial charge in [-0.25, -0.2) is 15.0 Å². The number of aromatic nitrogens is 4. The molecule has 4 nitrogen and oxygen atoms in total. The van der Waals surface area contributed by atoms with Crippen LogP contribution < -0.4 is 0 Å². The lowest BCUT2D eigenvalue weighted by atomic mass is 10.4. The molecule has 0 aromatic carbocycles. The highest BCUT2D eigenvalue weighted by Crippen LogP contribution is 2.17. The molecule has 7 heteroatoms. The van der Waals surface area contributed by atoms with E-state index in [0.717, 1.165) is 6.07 Å². The lowest BCUT2D eigenvalue weighted by Gasteiger charge is -1.99. The van der Waals surface area contributed by atoms with Crippen molar-refractivity contribution in [2.45, 2.75) is 0 Å². The molecule has 2 aromatic rings. The van der Waals surface area contributed by atoms with Crippen molar-refractivity contribution >= 4 is 23.2 Å². The number of rotatable bonds is 1. The number of hydrogen-bond donors (Lipinski definition) is 0. The quantitative estimate of drug-likeness (QED) is 0.571. The summed E-state index contributed by atoms with van der Waals surface area (Å²) < 4.78 is 12.8. The fourth-order valence-corrected chi connectivity index (χ4v) is 1.37. The number of hydrogen-bond acceptors (Lipinski definition) is 4. The average molecular weight is 245 g/mol. The highest BCUT2D eigenvalue weighted by atomic mass is 35.5. The van der Waals surface area contributed by atoms with Gasteiger partial charge in [-0.05, 0) is 11.6 Å². The standard InChI is InChI=1S/C8H3Cl2FN4/c9-5-3-4(13-8(10)14-5)7-12-2-1-6(11)15-7/h1-3H. The minimum atomic E-state index is -0.647. The largest absolute Gasteiger partial charge is 0.235 e. The maximum absolute atomic E-state index is 12.8. The molecule has 0 aliphatic rings. The van der Waals surface area contributed by atoms with E-state index >= 15 is 0 Å². The van der Waals surface area contributed by atoms with Crippen LogP contribution in [0.4, 0.5) is 4.39 Å². The first-order valence-corrected chi connectivity index (χ1v) is 4.60. The Balaban J connectivity index is 2.54. The van der Waals surface area contributed by atoms with Crippen LogP contribution in [0.1, 0.15) is 0 Å². The summed E-state index contributed by atoms with van der Waals surface area (Å²) in [6.07, 6.45) is 1.28. The predicted octanol–water partition coefficient (Wildman–Crippen LogP) is 2.38. The molecule has 0 bridgehead atoms. The fraction of sp³-hybridized carbons (Fsp3) is 0. The summed E-state index contributed by atoms with van der Waals surface area (Å²) in [6, 6.07) is 2.54. The molecule has 0 saturated heterocycles. The van der Waals surface area contributed by atoms with Crippen LogP contribution in [-0.2, 0) is 0 Å². The van der Waals surface area contributed by atoms with Crippen LogP contribution in [0.2, 0.25) is 10.4 Å². The zero-order valence-electron chi connectivity index (χ0n) is 7.15. The summed E-state index contributed by atoms with van der Waals surface area (Å²) in [5.74, 6) is -0.535. The van der Waals surface area contributed by atoms with Gasteiger partial charge >= 0.3 is 0 Å². The Morgan fingerprint density at radius 3 is 2.60 bits per heavy atom. The molecule has 2 aromatic heterocycles. The van der Waals surface area contributed by atoms with Crippen LogP contribution in [0.5, 0.6) is 0 Å². The third-order valence-corrected chi connectivity index (χ3v) is 1.88. The lowest BCUT2D eigenvalue weighted by molar-refractivity contribution is 0.581. The number of halogens is 3. The smallest absolute Gasteiger partial charge is 0.224 e. The van der Waals surface area contributed by atoms with Gasteiger partial charge in [0.1, 0.15) is 10.8 Å². The summed E-state index contributed by atoms with van der Waals surface area (Å²) in [5, 5.41) is 0.114. The number of nitrogens with zero attached hydrogens (tertiary/aromatic N) is 4. The van der Waals surface area contributed by atoms with Crippen molar-refractivity contribution in [2.24, 2.45) is 0 Å². The van der Waals surface area contributed by atoms with Crippen LogP contribution in [0.15, 0.2) is 18.3 Å². The summed E-state index contributed by atoms with van der Waals surface area (Å²) in [5.41, 5.74) is 0.277.